The molecule has 0 bridgehead atoms. The van der Waals surface area contributed by atoms with Gasteiger partial charge in [0.05, 0.1) is 18.8 Å². The number of hydrogen-bond acceptors (Lipinski definition) is 6. The van der Waals surface area contributed by atoms with Crippen molar-refractivity contribution in [2.24, 2.45) is 11.8 Å². The zero-order chi connectivity index (χ0) is 32.3. The summed E-state index contributed by atoms with van der Waals surface area (Å²) in [4.78, 5) is 12.5. The number of rotatable bonds is 30. The fourth-order valence-electron chi connectivity index (χ4n) is 5.14. The Morgan fingerprint density at radius 1 is 0.744 bits per heavy atom. The van der Waals surface area contributed by atoms with E-state index in [-0.39, 0.29) is 6.42 Å². The van der Waals surface area contributed by atoms with Crippen LogP contribution in [0.2, 0.25) is 0 Å². The van der Waals surface area contributed by atoms with Crippen LogP contribution in [0.25, 0.3) is 0 Å². The number of allylic oxidation sites excluding steroid dienone is 1. The summed E-state index contributed by atoms with van der Waals surface area (Å²) >= 11 is 0. The number of hydrogen-bond donors (Lipinski definition) is 4. The molecule has 9 heteroatoms. The van der Waals surface area contributed by atoms with Gasteiger partial charge < -0.3 is 15.5 Å². The minimum absolute atomic E-state index is 0.287. The van der Waals surface area contributed by atoms with Crippen molar-refractivity contribution in [1.29, 1.82) is 0 Å². The van der Waals surface area contributed by atoms with E-state index in [1.165, 1.54) is 89.5 Å². The average molecular weight is 634 g/mol. The van der Waals surface area contributed by atoms with Crippen LogP contribution in [0, 0.1) is 11.8 Å². The normalized spacial score (nSPS) is 15.2. The summed E-state index contributed by atoms with van der Waals surface area (Å²) in [6.45, 7) is 8.42. The monoisotopic (exact) mass is 633 g/mol. The third kappa shape index (κ3) is 28.2. The second-order valence-electron chi connectivity index (χ2n) is 13.0. The molecule has 4 N–H and O–H groups in total. The molecule has 0 rings (SSSR count). The van der Waals surface area contributed by atoms with Gasteiger partial charge >= 0.3 is 10.4 Å². The molecule has 4 atom stereocenters. The van der Waals surface area contributed by atoms with Crippen molar-refractivity contribution < 1.29 is 32.2 Å². The van der Waals surface area contributed by atoms with Crippen molar-refractivity contribution in [1.82, 2.24) is 5.32 Å². The first-order valence-corrected chi connectivity index (χ1v) is 18.8. The number of carbonyl (C=O) groups excluding carboxylic acids is 1. The zero-order valence-corrected chi connectivity index (χ0v) is 28.8. The summed E-state index contributed by atoms with van der Waals surface area (Å²) < 4.78 is 35.5. The van der Waals surface area contributed by atoms with Crippen LogP contribution in [0.15, 0.2) is 12.2 Å². The van der Waals surface area contributed by atoms with Gasteiger partial charge in [-0.1, -0.05) is 155 Å². The van der Waals surface area contributed by atoms with Gasteiger partial charge in [0, 0.05) is 0 Å². The minimum atomic E-state index is -4.74. The standard InChI is InChI=1S/C34H67NO7S/c1-5-30(4)25-21-17-14-15-19-23-27-33(37)34(38)35-31(28-42-43(39,40)41)32(36)26-22-18-13-11-9-7-6-8-10-12-16-20-24-29(2)3/h22,26,29-33,36-37H,5-21,23-25,27-28H2,1-4H3,(H,35,38)(H,39,40,41)/b26-22+/t30?,31-,32-,33-/m1/s1. The van der Waals surface area contributed by atoms with Crippen molar-refractivity contribution >= 4 is 16.3 Å². The molecule has 0 heterocycles. The molecule has 1 unspecified atom stereocenters. The van der Waals surface area contributed by atoms with Crippen molar-refractivity contribution in [2.45, 2.75) is 181 Å². The lowest BCUT2D eigenvalue weighted by molar-refractivity contribution is -0.131. The molecule has 0 aliphatic heterocycles. The predicted octanol–water partition coefficient (Wildman–Crippen LogP) is 8.07. The van der Waals surface area contributed by atoms with Crippen LogP contribution in [-0.2, 0) is 19.4 Å². The molecule has 0 aromatic rings. The molecule has 0 fully saturated rings. The van der Waals surface area contributed by atoms with Gasteiger partial charge in [0.1, 0.15) is 6.10 Å². The van der Waals surface area contributed by atoms with Gasteiger partial charge in [0.25, 0.3) is 0 Å². The van der Waals surface area contributed by atoms with Gasteiger partial charge in [-0.15, -0.1) is 0 Å². The van der Waals surface area contributed by atoms with Crippen LogP contribution in [0.4, 0.5) is 0 Å². The van der Waals surface area contributed by atoms with Crippen molar-refractivity contribution in [3.63, 3.8) is 0 Å². The molecule has 0 radical (unpaired) electrons. The molecule has 0 aliphatic carbocycles. The number of amides is 1. The van der Waals surface area contributed by atoms with Crippen LogP contribution < -0.4 is 5.32 Å². The summed E-state index contributed by atoms with van der Waals surface area (Å²) in [7, 11) is -4.74. The van der Waals surface area contributed by atoms with E-state index in [2.05, 4.69) is 37.2 Å². The lowest BCUT2D eigenvalue weighted by Crippen LogP contribution is -2.49. The maximum absolute atomic E-state index is 12.5. The molecule has 0 saturated carbocycles. The summed E-state index contributed by atoms with van der Waals surface area (Å²) in [6, 6.07) is -1.13. The Labute approximate surface area is 264 Å². The summed E-state index contributed by atoms with van der Waals surface area (Å²) in [5, 5.41) is 23.4. The molecule has 0 saturated heterocycles. The Bertz CT molecular complexity index is 788. The highest BCUT2D eigenvalue weighted by atomic mass is 32.3. The average Bonchev–Trinajstić information content (AvgIpc) is 2.95. The fourth-order valence-corrected chi connectivity index (χ4v) is 5.45. The Kier molecular flexibility index (Phi) is 26.7. The zero-order valence-electron chi connectivity index (χ0n) is 28.0. The van der Waals surface area contributed by atoms with Gasteiger partial charge in [-0.05, 0) is 31.1 Å². The van der Waals surface area contributed by atoms with Gasteiger partial charge in [0.2, 0.25) is 5.91 Å². The molecule has 43 heavy (non-hydrogen) atoms. The lowest BCUT2D eigenvalue weighted by atomic mass is 9.99. The van der Waals surface area contributed by atoms with Gasteiger partial charge in [0.15, 0.2) is 0 Å². The third-order valence-corrected chi connectivity index (χ3v) is 8.73. The summed E-state index contributed by atoms with van der Waals surface area (Å²) in [5.41, 5.74) is 0. The maximum atomic E-state index is 12.5. The van der Waals surface area contributed by atoms with E-state index in [9.17, 15) is 23.4 Å². The molecule has 1 amide bonds. The summed E-state index contributed by atoms with van der Waals surface area (Å²) in [6.07, 6.45) is 24.4. The first-order chi connectivity index (χ1) is 20.5. The lowest BCUT2D eigenvalue weighted by Gasteiger charge is -2.23. The van der Waals surface area contributed by atoms with E-state index in [4.69, 9.17) is 4.55 Å². The number of aliphatic hydroxyl groups excluding tert-OH is 2. The molecule has 0 aliphatic rings. The number of carbonyl (C=O) groups is 1. The van der Waals surface area contributed by atoms with Gasteiger partial charge in [-0.3, -0.25) is 9.35 Å². The first-order valence-electron chi connectivity index (χ1n) is 17.4. The first kappa shape index (κ1) is 42.0. The largest absolute Gasteiger partial charge is 0.397 e. The second-order valence-corrected chi connectivity index (χ2v) is 14.1. The van der Waals surface area contributed by atoms with E-state index in [1.807, 2.05) is 6.08 Å². The minimum Gasteiger partial charge on any atom is -0.387 e. The van der Waals surface area contributed by atoms with Crippen molar-refractivity contribution in [3.8, 4) is 0 Å². The molecule has 0 aromatic heterocycles. The number of nitrogens with one attached hydrogen (secondary N) is 1. The Morgan fingerprint density at radius 3 is 1.70 bits per heavy atom. The highest BCUT2D eigenvalue weighted by Gasteiger charge is 2.25. The SMILES string of the molecule is CCC(C)CCCCCCCC[C@@H](O)C(=O)N[C@H](COS(=O)(=O)O)[C@H](O)/C=C/CCCCCCCCCCCCC(C)C. The molecular formula is C34H67NO7S. The van der Waals surface area contributed by atoms with Crippen LogP contribution in [0.5, 0.6) is 0 Å². The van der Waals surface area contributed by atoms with Crippen LogP contribution in [0.1, 0.15) is 163 Å². The van der Waals surface area contributed by atoms with Crippen LogP contribution >= 0.6 is 0 Å². The topological polar surface area (TPSA) is 133 Å². The predicted molar refractivity (Wildman–Crippen MR) is 177 cm³/mol. The molecule has 0 spiro atoms. The Balaban J connectivity index is 4.25. The quantitative estimate of drug-likeness (QED) is 0.0357. The van der Waals surface area contributed by atoms with E-state index in [1.54, 1.807) is 0 Å². The van der Waals surface area contributed by atoms with E-state index < -0.39 is 41.2 Å². The third-order valence-electron chi connectivity index (χ3n) is 8.30. The highest BCUT2D eigenvalue weighted by Crippen LogP contribution is 2.16. The fraction of sp³-hybridized carbons (Fsp3) is 0.912. The summed E-state index contributed by atoms with van der Waals surface area (Å²) in [5.74, 6) is 0.889. The Hall–Kier alpha value is -1.00. The van der Waals surface area contributed by atoms with Crippen molar-refractivity contribution in [3.05, 3.63) is 12.2 Å². The number of aliphatic hydroxyl groups is 2. The van der Waals surface area contributed by atoms with Crippen LogP contribution in [-0.4, -0.2) is 53.9 Å². The maximum Gasteiger partial charge on any atom is 0.397 e. The molecule has 0 aromatic carbocycles. The van der Waals surface area contributed by atoms with Gasteiger partial charge in [-0.2, -0.15) is 8.42 Å². The molecule has 256 valence electrons. The second kappa shape index (κ2) is 27.3. The molecule has 8 nitrogen and oxygen atoms in total. The molecular weight excluding hydrogens is 566 g/mol. The Morgan fingerprint density at radius 2 is 1.21 bits per heavy atom. The smallest absolute Gasteiger partial charge is 0.387 e. The van der Waals surface area contributed by atoms with Crippen molar-refractivity contribution in [2.75, 3.05) is 6.61 Å². The van der Waals surface area contributed by atoms with Crippen LogP contribution in [0.3, 0.4) is 0 Å². The number of unbranched alkanes of at least 4 members (excludes halogenated alkanes) is 15. The van der Waals surface area contributed by atoms with E-state index >= 15 is 0 Å². The van der Waals surface area contributed by atoms with E-state index in [0.29, 0.717) is 6.42 Å². The van der Waals surface area contributed by atoms with Gasteiger partial charge in [-0.25, -0.2) is 4.18 Å². The van der Waals surface area contributed by atoms with E-state index in [0.717, 1.165) is 50.4 Å². The highest BCUT2D eigenvalue weighted by molar-refractivity contribution is 7.80.